The molecule has 11 heteroatoms. The lowest BCUT2D eigenvalue weighted by molar-refractivity contribution is 0.252. The van der Waals surface area contributed by atoms with Crippen molar-refractivity contribution in [1.82, 2.24) is 14.7 Å². The van der Waals surface area contributed by atoms with E-state index >= 15 is 0 Å². The van der Waals surface area contributed by atoms with Crippen LogP contribution in [-0.2, 0) is 30.1 Å². The molecule has 3 heterocycles. The molecule has 166 valence electrons. The lowest BCUT2D eigenvalue weighted by Gasteiger charge is -2.39. The number of hydrogen-bond acceptors (Lipinski definition) is 6. The van der Waals surface area contributed by atoms with Crippen molar-refractivity contribution in [1.29, 1.82) is 0 Å². The first-order chi connectivity index (χ1) is 14.2. The van der Waals surface area contributed by atoms with Crippen LogP contribution in [0.15, 0.2) is 18.5 Å². The molecule has 1 saturated heterocycles. The van der Waals surface area contributed by atoms with Crippen LogP contribution in [-0.4, -0.2) is 55.3 Å². The SMILES string of the molecule is CCc1cc(N(C(N)=O)S(=O)(=O)N(c2cnn(C)c2)C2CCCN(C)C2)c(CC)s1. The number of carbonyl (C=O) groups excluding carboxylic acids is 1. The molecule has 30 heavy (non-hydrogen) atoms. The van der Waals surface area contributed by atoms with Crippen molar-refractivity contribution in [3.63, 3.8) is 0 Å². The van der Waals surface area contributed by atoms with Crippen molar-refractivity contribution in [2.75, 3.05) is 28.7 Å². The number of urea groups is 1. The number of anilines is 2. The Morgan fingerprint density at radius 3 is 2.60 bits per heavy atom. The summed E-state index contributed by atoms with van der Waals surface area (Å²) in [5, 5.41) is 4.16. The Kier molecular flexibility index (Phi) is 6.73. The molecule has 2 aromatic heterocycles. The van der Waals surface area contributed by atoms with E-state index in [0.717, 1.165) is 33.4 Å². The maximum absolute atomic E-state index is 14.0. The highest BCUT2D eigenvalue weighted by molar-refractivity contribution is 7.95. The predicted molar refractivity (Wildman–Crippen MR) is 120 cm³/mol. The first-order valence-electron chi connectivity index (χ1n) is 10.1. The van der Waals surface area contributed by atoms with Gasteiger partial charge in [0.2, 0.25) is 0 Å². The van der Waals surface area contributed by atoms with E-state index in [-0.39, 0.29) is 6.04 Å². The Hall–Kier alpha value is -2.11. The largest absolute Gasteiger partial charge is 0.350 e. The van der Waals surface area contributed by atoms with Gasteiger partial charge in [0, 0.05) is 29.5 Å². The molecule has 0 aromatic carbocycles. The van der Waals surface area contributed by atoms with Crippen molar-refractivity contribution in [3.05, 3.63) is 28.2 Å². The van der Waals surface area contributed by atoms with E-state index in [1.165, 1.54) is 21.8 Å². The molecule has 1 aliphatic rings. The number of likely N-dealkylation sites (tertiary alicyclic amines) is 1. The average molecular weight is 455 g/mol. The average Bonchev–Trinajstić information content (AvgIpc) is 3.27. The van der Waals surface area contributed by atoms with E-state index in [4.69, 9.17) is 5.73 Å². The molecular formula is C19H30N6O3S2. The van der Waals surface area contributed by atoms with Crippen LogP contribution in [0.3, 0.4) is 0 Å². The van der Waals surface area contributed by atoms with Gasteiger partial charge >= 0.3 is 16.2 Å². The van der Waals surface area contributed by atoms with Crippen molar-refractivity contribution in [2.45, 2.75) is 45.6 Å². The Balaban J connectivity index is 2.14. The standard InChI is InChI=1S/C19H30N6O3S2/c1-5-16-10-17(18(6-2)29-16)25(19(20)26)30(27,28)24(15-11-21-23(4)13-15)14-8-7-9-22(3)12-14/h10-11,13-14H,5-9,12H2,1-4H3,(H2,20,26). The van der Waals surface area contributed by atoms with Gasteiger partial charge in [-0.25, -0.2) is 9.10 Å². The molecule has 0 spiro atoms. The van der Waals surface area contributed by atoms with Crippen LogP contribution in [0.4, 0.5) is 16.2 Å². The van der Waals surface area contributed by atoms with Crippen LogP contribution in [0.1, 0.15) is 36.4 Å². The second-order valence-electron chi connectivity index (χ2n) is 7.56. The van der Waals surface area contributed by atoms with E-state index < -0.39 is 16.2 Å². The van der Waals surface area contributed by atoms with E-state index in [0.29, 0.717) is 30.8 Å². The maximum atomic E-state index is 14.0. The number of thiophene rings is 1. The van der Waals surface area contributed by atoms with Gasteiger partial charge in [-0.05, 0) is 45.3 Å². The second kappa shape index (κ2) is 8.94. The molecule has 2 N–H and O–H groups in total. The van der Waals surface area contributed by atoms with E-state index in [1.807, 2.05) is 20.9 Å². The minimum absolute atomic E-state index is 0.325. The molecule has 1 fully saturated rings. The van der Waals surface area contributed by atoms with Crippen LogP contribution in [0, 0.1) is 0 Å². The fourth-order valence-electron chi connectivity index (χ4n) is 3.90. The molecule has 0 radical (unpaired) electrons. The van der Waals surface area contributed by atoms with Crippen LogP contribution in [0.5, 0.6) is 0 Å². The highest BCUT2D eigenvalue weighted by Crippen LogP contribution is 2.36. The number of nitrogens with two attached hydrogens (primary N) is 1. The third-order valence-electron chi connectivity index (χ3n) is 5.28. The first-order valence-corrected chi connectivity index (χ1v) is 12.3. The molecule has 1 atom stereocenters. The highest BCUT2D eigenvalue weighted by Gasteiger charge is 2.41. The van der Waals surface area contributed by atoms with Crippen LogP contribution in [0.2, 0.25) is 0 Å². The smallest absolute Gasteiger partial charge is 0.334 e. The molecule has 1 unspecified atom stereocenters. The van der Waals surface area contributed by atoms with Gasteiger partial charge in [0.25, 0.3) is 0 Å². The summed E-state index contributed by atoms with van der Waals surface area (Å²) < 4.78 is 31.5. The summed E-state index contributed by atoms with van der Waals surface area (Å²) in [6, 6.07) is 0.428. The number of hydrogen-bond donors (Lipinski definition) is 1. The fourth-order valence-corrected chi connectivity index (χ4v) is 6.71. The number of aromatic nitrogens is 2. The van der Waals surface area contributed by atoms with Gasteiger partial charge in [0.15, 0.2) is 0 Å². The number of aryl methyl sites for hydroxylation is 3. The van der Waals surface area contributed by atoms with Gasteiger partial charge in [0.1, 0.15) is 0 Å². The molecule has 0 saturated carbocycles. The normalized spacial score (nSPS) is 17.8. The summed E-state index contributed by atoms with van der Waals surface area (Å²) >= 11 is 1.51. The molecular weight excluding hydrogens is 424 g/mol. The zero-order chi connectivity index (χ0) is 22.1. The van der Waals surface area contributed by atoms with Gasteiger partial charge in [-0.2, -0.15) is 17.8 Å². The fraction of sp³-hybridized carbons (Fsp3) is 0.579. The minimum Gasteiger partial charge on any atom is -0.350 e. The zero-order valence-electron chi connectivity index (χ0n) is 17.9. The molecule has 2 aromatic rings. The van der Waals surface area contributed by atoms with E-state index in [1.54, 1.807) is 24.0 Å². The van der Waals surface area contributed by atoms with Crippen molar-refractivity contribution in [2.24, 2.45) is 12.8 Å². The quantitative estimate of drug-likeness (QED) is 0.691. The van der Waals surface area contributed by atoms with Crippen LogP contribution >= 0.6 is 11.3 Å². The summed E-state index contributed by atoms with van der Waals surface area (Å²) in [5.41, 5.74) is 6.44. The summed E-state index contributed by atoms with van der Waals surface area (Å²) in [5.74, 6) is 0. The third kappa shape index (κ3) is 4.33. The first kappa shape index (κ1) is 22.6. The summed E-state index contributed by atoms with van der Waals surface area (Å²) in [6.45, 7) is 5.40. The number of nitrogens with zero attached hydrogens (tertiary/aromatic N) is 5. The summed E-state index contributed by atoms with van der Waals surface area (Å²) in [7, 11) is -0.590. The highest BCUT2D eigenvalue weighted by atomic mass is 32.2. The Morgan fingerprint density at radius 2 is 2.07 bits per heavy atom. The Morgan fingerprint density at radius 1 is 1.33 bits per heavy atom. The maximum Gasteiger partial charge on any atom is 0.334 e. The number of rotatable bonds is 7. The number of carbonyl (C=O) groups is 1. The van der Waals surface area contributed by atoms with Gasteiger partial charge in [-0.15, -0.1) is 11.3 Å². The van der Waals surface area contributed by atoms with Crippen LogP contribution < -0.4 is 14.3 Å². The number of amides is 2. The molecule has 1 aliphatic heterocycles. The molecule has 3 rings (SSSR count). The van der Waals surface area contributed by atoms with Gasteiger partial charge < -0.3 is 10.6 Å². The molecule has 9 nitrogen and oxygen atoms in total. The van der Waals surface area contributed by atoms with Crippen molar-refractivity contribution >= 4 is 39.0 Å². The molecule has 0 aliphatic carbocycles. The summed E-state index contributed by atoms with van der Waals surface area (Å²) in [4.78, 5) is 16.4. The van der Waals surface area contributed by atoms with Gasteiger partial charge in [0.05, 0.1) is 23.6 Å². The molecule has 0 bridgehead atoms. The predicted octanol–water partition coefficient (Wildman–Crippen LogP) is 2.34. The second-order valence-corrected chi connectivity index (χ2v) is 10.4. The van der Waals surface area contributed by atoms with Crippen molar-refractivity contribution in [3.8, 4) is 0 Å². The number of primary amides is 1. The topological polar surface area (TPSA) is 105 Å². The van der Waals surface area contributed by atoms with Crippen molar-refractivity contribution < 1.29 is 13.2 Å². The number of likely N-dealkylation sites (N-methyl/N-ethyl adjacent to an activating group) is 1. The van der Waals surface area contributed by atoms with Crippen LogP contribution in [0.25, 0.3) is 0 Å². The third-order valence-corrected chi connectivity index (χ3v) is 8.54. The lowest BCUT2D eigenvalue weighted by atomic mass is 10.1. The minimum atomic E-state index is -4.29. The monoisotopic (exact) mass is 454 g/mol. The molecule has 2 amide bonds. The van der Waals surface area contributed by atoms with E-state index in [9.17, 15) is 13.2 Å². The lowest BCUT2D eigenvalue weighted by Crippen LogP contribution is -2.56. The van der Waals surface area contributed by atoms with Gasteiger partial charge in [-0.1, -0.05) is 13.8 Å². The zero-order valence-corrected chi connectivity index (χ0v) is 19.5. The van der Waals surface area contributed by atoms with E-state index in [2.05, 4.69) is 10.00 Å². The van der Waals surface area contributed by atoms with Gasteiger partial charge in [-0.3, -0.25) is 4.68 Å². The number of piperidine rings is 1. The Bertz CT molecular complexity index is 1000. The Labute approximate surface area is 182 Å². The summed E-state index contributed by atoms with van der Waals surface area (Å²) in [6.07, 6.45) is 6.08.